The zero-order valence-electron chi connectivity index (χ0n) is 21.7. The predicted octanol–water partition coefficient (Wildman–Crippen LogP) is 5.34. The Morgan fingerprint density at radius 3 is 2.53 bits per heavy atom. The van der Waals surface area contributed by atoms with Crippen LogP contribution in [0.3, 0.4) is 0 Å². The third-order valence-corrected chi connectivity index (χ3v) is 7.99. The molecule has 0 radical (unpaired) electrons. The smallest absolute Gasteiger partial charge is 0.209 e. The van der Waals surface area contributed by atoms with E-state index in [4.69, 9.17) is 11.6 Å². The lowest BCUT2D eigenvalue weighted by Gasteiger charge is -2.30. The van der Waals surface area contributed by atoms with E-state index in [1.54, 1.807) is 0 Å². The lowest BCUT2D eigenvalue weighted by Crippen LogP contribution is -2.36. The minimum absolute atomic E-state index is 0.461. The first-order valence-corrected chi connectivity index (χ1v) is 13.8. The molecule has 6 nitrogen and oxygen atoms in total. The SMILES string of the molecule is CCN1CCC(CNC)CC1.O=CN1CCCC(c2cn(-c3ccc(Cl)cc3)c3cnccc23)CC1. The number of halogens is 1. The third-order valence-electron chi connectivity index (χ3n) is 7.74. The van der Waals surface area contributed by atoms with E-state index in [-0.39, 0.29) is 0 Å². The minimum Gasteiger partial charge on any atom is -0.345 e. The van der Waals surface area contributed by atoms with Crippen LogP contribution in [0.25, 0.3) is 16.6 Å². The van der Waals surface area contributed by atoms with Gasteiger partial charge in [0.2, 0.25) is 6.41 Å². The Morgan fingerprint density at radius 1 is 1.06 bits per heavy atom. The van der Waals surface area contributed by atoms with E-state index in [9.17, 15) is 4.79 Å². The Kier molecular flexibility index (Phi) is 9.79. The average molecular weight is 510 g/mol. The molecular weight excluding hydrogens is 470 g/mol. The first-order chi connectivity index (χ1) is 17.6. The van der Waals surface area contributed by atoms with Gasteiger partial charge >= 0.3 is 0 Å². The highest BCUT2D eigenvalue weighted by atomic mass is 35.5. The second kappa shape index (κ2) is 13.2. The van der Waals surface area contributed by atoms with Gasteiger partial charge in [-0.1, -0.05) is 18.5 Å². The largest absolute Gasteiger partial charge is 0.345 e. The van der Waals surface area contributed by atoms with Crippen molar-refractivity contribution in [2.24, 2.45) is 5.92 Å². The van der Waals surface area contributed by atoms with Gasteiger partial charge in [-0.15, -0.1) is 0 Å². The van der Waals surface area contributed by atoms with Gasteiger partial charge in [-0.05, 0) is 113 Å². The molecule has 0 spiro atoms. The fourth-order valence-electron chi connectivity index (χ4n) is 5.57. The van der Waals surface area contributed by atoms with E-state index in [2.05, 4.69) is 39.0 Å². The zero-order chi connectivity index (χ0) is 25.3. The topological polar surface area (TPSA) is 53.4 Å². The second-order valence-corrected chi connectivity index (χ2v) is 10.5. The van der Waals surface area contributed by atoms with Crippen LogP contribution < -0.4 is 5.32 Å². The minimum atomic E-state index is 0.461. The maximum Gasteiger partial charge on any atom is 0.209 e. The standard InChI is InChI=1S/C20H20ClN3O.C9H20N2/c21-16-3-5-17(6-4-16)24-13-19(18-7-9-22-12-20(18)24)15-2-1-10-23(14-25)11-8-15;1-3-11-6-4-9(5-7-11)8-10-2/h3-7,9,12-15H,1-2,8,10-11H2;9-10H,3-8H2,1-2H3. The van der Waals surface area contributed by atoms with Crippen molar-refractivity contribution >= 4 is 28.9 Å². The van der Waals surface area contributed by atoms with Gasteiger partial charge in [-0.2, -0.15) is 0 Å². The second-order valence-electron chi connectivity index (χ2n) is 10.0. The van der Waals surface area contributed by atoms with Crippen molar-refractivity contribution < 1.29 is 4.79 Å². The summed E-state index contributed by atoms with van der Waals surface area (Å²) in [6.07, 6.45) is 12.9. The van der Waals surface area contributed by atoms with Gasteiger partial charge in [0, 0.05) is 41.6 Å². The number of hydrogen-bond donors (Lipinski definition) is 1. The van der Waals surface area contributed by atoms with E-state index >= 15 is 0 Å². The number of likely N-dealkylation sites (tertiary alicyclic amines) is 2. The number of aromatic nitrogens is 2. The summed E-state index contributed by atoms with van der Waals surface area (Å²) < 4.78 is 2.19. The molecule has 2 aliphatic rings. The molecule has 1 unspecified atom stereocenters. The Hall–Kier alpha value is -2.41. The Bertz CT molecular complexity index is 1090. The molecule has 2 aliphatic heterocycles. The van der Waals surface area contributed by atoms with Crippen LogP contribution in [0.15, 0.2) is 48.9 Å². The third kappa shape index (κ3) is 6.67. The molecule has 2 aromatic heterocycles. The summed E-state index contributed by atoms with van der Waals surface area (Å²) in [6.45, 7) is 8.98. The highest BCUT2D eigenvalue weighted by Gasteiger charge is 2.22. The number of carbonyl (C=O) groups excluding carboxylic acids is 1. The molecule has 2 saturated heterocycles. The predicted molar refractivity (Wildman–Crippen MR) is 149 cm³/mol. The van der Waals surface area contributed by atoms with Crippen LogP contribution >= 0.6 is 11.6 Å². The van der Waals surface area contributed by atoms with Crippen molar-refractivity contribution in [2.45, 2.75) is 44.9 Å². The number of nitrogens with one attached hydrogen (secondary N) is 1. The molecule has 36 heavy (non-hydrogen) atoms. The fraction of sp³-hybridized carbons (Fsp3) is 0.517. The number of carbonyl (C=O) groups is 1. The zero-order valence-corrected chi connectivity index (χ0v) is 22.5. The number of piperidine rings is 1. The van der Waals surface area contributed by atoms with Gasteiger partial charge in [0.25, 0.3) is 0 Å². The van der Waals surface area contributed by atoms with Gasteiger partial charge < -0.3 is 19.7 Å². The number of amides is 1. The summed E-state index contributed by atoms with van der Waals surface area (Å²) in [6, 6.07) is 9.97. The van der Waals surface area contributed by atoms with Crippen molar-refractivity contribution in [1.29, 1.82) is 0 Å². The molecule has 2 fully saturated rings. The molecule has 3 aromatic rings. The highest BCUT2D eigenvalue weighted by Crippen LogP contribution is 2.35. The summed E-state index contributed by atoms with van der Waals surface area (Å²) >= 11 is 6.04. The van der Waals surface area contributed by atoms with Crippen LogP contribution in [0.4, 0.5) is 0 Å². The number of benzene rings is 1. The summed E-state index contributed by atoms with van der Waals surface area (Å²) in [5.74, 6) is 1.39. The van der Waals surface area contributed by atoms with Gasteiger partial charge in [-0.25, -0.2) is 0 Å². The quantitative estimate of drug-likeness (QED) is 0.455. The van der Waals surface area contributed by atoms with Gasteiger partial charge in [0.15, 0.2) is 0 Å². The Labute approximate surface area is 220 Å². The van der Waals surface area contributed by atoms with E-state index < -0.39 is 0 Å². The summed E-state index contributed by atoms with van der Waals surface area (Å²) in [7, 11) is 2.05. The first kappa shape index (κ1) is 26.6. The summed E-state index contributed by atoms with van der Waals surface area (Å²) in [5, 5.41) is 5.23. The lowest BCUT2D eigenvalue weighted by molar-refractivity contribution is -0.118. The van der Waals surface area contributed by atoms with Crippen LogP contribution in [-0.2, 0) is 4.79 Å². The Balaban J connectivity index is 0.000000233. The average Bonchev–Trinajstić information content (AvgIpc) is 3.13. The van der Waals surface area contributed by atoms with E-state index in [0.29, 0.717) is 5.92 Å². The van der Waals surface area contributed by atoms with Crippen molar-refractivity contribution in [3.8, 4) is 5.69 Å². The molecule has 1 N–H and O–H groups in total. The normalized spacial score (nSPS) is 19.5. The molecular formula is C29H40ClN5O. The van der Waals surface area contributed by atoms with Crippen molar-refractivity contribution in [3.63, 3.8) is 0 Å². The van der Waals surface area contributed by atoms with E-state index in [1.807, 2.05) is 48.6 Å². The number of fused-ring (bicyclic) bond motifs is 1. The van der Waals surface area contributed by atoms with Gasteiger partial charge in [0.05, 0.1) is 11.7 Å². The van der Waals surface area contributed by atoms with Gasteiger partial charge in [-0.3, -0.25) is 9.78 Å². The molecule has 5 rings (SSSR count). The van der Waals surface area contributed by atoms with Crippen LogP contribution in [0, 0.1) is 5.92 Å². The number of rotatable bonds is 6. The highest BCUT2D eigenvalue weighted by molar-refractivity contribution is 6.30. The van der Waals surface area contributed by atoms with Crippen LogP contribution in [-0.4, -0.2) is 72.1 Å². The van der Waals surface area contributed by atoms with Crippen molar-refractivity contribution in [1.82, 2.24) is 24.7 Å². The molecule has 4 heterocycles. The first-order valence-electron chi connectivity index (χ1n) is 13.4. The monoisotopic (exact) mass is 509 g/mol. The maximum absolute atomic E-state index is 11.1. The summed E-state index contributed by atoms with van der Waals surface area (Å²) in [5.41, 5.74) is 3.54. The van der Waals surface area contributed by atoms with Crippen LogP contribution in [0.1, 0.15) is 50.5 Å². The fourth-order valence-corrected chi connectivity index (χ4v) is 5.70. The number of pyridine rings is 1. The Morgan fingerprint density at radius 2 is 1.83 bits per heavy atom. The molecule has 7 heteroatoms. The van der Waals surface area contributed by atoms with Crippen LogP contribution in [0.5, 0.6) is 0 Å². The molecule has 0 bridgehead atoms. The molecule has 0 saturated carbocycles. The van der Waals surface area contributed by atoms with Crippen molar-refractivity contribution in [3.05, 3.63) is 59.5 Å². The molecule has 194 valence electrons. The number of hydrogen-bond acceptors (Lipinski definition) is 4. The molecule has 1 aromatic carbocycles. The lowest BCUT2D eigenvalue weighted by atomic mass is 9.92. The molecule has 1 amide bonds. The maximum atomic E-state index is 11.1. The van der Waals surface area contributed by atoms with E-state index in [1.165, 1.54) is 50.0 Å². The van der Waals surface area contributed by atoms with Gasteiger partial charge in [0.1, 0.15) is 0 Å². The number of nitrogens with zero attached hydrogens (tertiary/aromatic N) is 4. The van der Waals surface area contributed by atoms with Crippen LogP contribution in [0.2, 0.25) is 5.02 Å². The summed E-state index contributed by atoms with van der Waals surface area (Å²) in [4.78, 5) is 19.8. The van der Waals surface area contributed by atoms with E-state index in [0.717, 1.165) is 60.9 Å². The molecule has 1 atom stereocenters. The van der Waals surface area contributed by atoms with Crippen molar-refractivity contribution in [2.75, 3.05) is 46.3 Å². The molecule has 0 aliphatic carbocycles.